The number of rotatable bonds is 6. The number of aryl methyl sites for hydroxylation is 1. The monoisotopic (exact) mass is 283 g/mol. The number of hydrogen-bond donors (Lipinski definition) is 2. The second-order valence-corrected chi connectivity index (χ2v) is 5.74. The third-order valence-corrected chi connectivity index (χ3v) is 4.14. The first-order valence-corrected chi connectivity index (χ1v) is 7.16. The highest BCUT2D eigenvalue weighted by Crippen LogP contribution is 2.30. The van der Waals surface area contributed by atoms with Crippen molar-refractivity contribution in [3.05, 3.63) is 15.8 Å². The van der Waals surface area contributed by atoms with Crippen molar-refractivity contribution in [2.75, 3.05) is 0 Å². The van der Waals surface area contributed by atoms with Crippen molar-refractivity contribution in [2.45, 2.75) is 45.3 Å². The zero-order valence-corrected chi connectivity index (χ0v) is 11.8. The van der Waals surface area contributed by atoms with Crippen LogP contribution in [0, 0.1) is 0 Å². The lowest BCUT2D eigenvalue weighted by molar-refractivity contribution is -0.127. The van der Waals surface area contributed by atoms with Crippen LogP contribution in [-0.2, 0) is 11.2 Å². The summed E-state index contributed by atoms with van der Waals surface area (Å²) in [5, 5.41) is 11.9. The van der Waals surface area contributed by atoms with Gasteiger partial charge in [0.2, 0.25) is 0 Å². The second-order valence-electron chi connectivity index (χ2n) is 4.61. The van der Waals surface area contributed by atoms with Gasteiger partial charge in [0.25, 0.3) is 5.91 Å². The van der Waals surface area contributed by atoms with Gasteiger partial charge >= 0.3 is 5.97 Å². The molecule has 1 aromatic rings. The number of carboxylic acids is 1. The molecule has 0 radical (unpaired) electrons. The Labute approximate surface area is 115 Å². The van der Waals surface area contributed by atoms with E-state index < -0.39 is 12.1 Å². The van der Waals surface area contributed by atoms with Crippen LogP contribution < -0.4 is 10.1 Å². The van der Waals surface area contributed by atoms with Crippen molar-refractivity contribution in [1.82, 2.24) is 5.32 Å². The Bertz CT molecular complexity index is 493. The highest BCUT2D eigenvalue weighted by molar-refractivity contribution is 7.14. The lowest BCUT2D eigenvalue weighted by Crippen LogP contribution is -2.37. The Morgan fingerprint density at radius 2 is 2.26 bits per heavy atom. The lowest BCUT2D eigenvalue weighted by atomic mass is 10.3. The van der Waals surface area contributed by atoms with Crippen molar-refractivity contribution in [3.63, 3.8) is 0 Å². The first-order chi connectivity index (χ1) is 9.01. The van der Waals surface area contributed by atoms with Gasteiger partial charge in [-0.05, 0) is 32.3 Å². The van der Waals surface area contributed by atoms with Gasteiger partial charge in [0.1, 0.15) is 5.75 Å². The number of carboxylic acid groups (broad SMARTS) is 1. The summed E-state index contributed by atoms with van der Waals surface area (Å²) in [7, 11) is 0. The molecule has 1 aliphatic rings. The molecule has 1 amide bonds. The number of carbonyl (C=O) groups excluding carboxylic acids is 1. The van der Waals surface area contributed by atoms with E-state index in [0.717, 1.165) is 24.1 Å². The molecular weight excluding hydrogens is 266 g/mol. The Hall–Kier alpha value is -1.56. The first-order valence-electron chi connectivity index (χ1n) is 6.34. The fourth-order valence-electron chi connectivity index (χ4n) is 1.62. The minimum absolute atomic E-state index is 0.155. The molecule has 104 valence electrons. The largest absolute Gasteiger partial charge is 0.479 e. The van der Waals surface area contributed by atoms with E-state index in [1.807, 2.05) is 6.92 Å². The molecule has 0 saturated heterocycles. The summed E-state index contributed by atoms with van der Waals surface area (Å²) in [6.45, 7) is 3.58. The van der Waals surface area contributed by atoms with Crippen LogP contribution in [0.2, 0.25) is 0 Å². The van der Waals surface area contributed by atoms with Crippen LogP contribution >= 0.6 is 11.3 Å². The second kappa shape index (κ2) is 5.61. The topological polar surface area (TPSA) is 75.6 Å². The van der Waals surface area contributed by atoms with Gasteiger partial charge in [0, 0.05) is 10.9 Å². The summed E-state index contributed by atoms with van der Waals surface area (Å²) in [6, 6.07) is 1.97. The van der Waals surface area contributed by atoms with Crippen LogP contribution in [0.5, 0.6) is 5.75 Å². The van der Waals surface area contributed by atoms with Crippen LogP contribution in [-0.4, -0.2) is 29.1 Å². The maximum atomic E-state index is 11.8. The van der Waals surface area contributed by atoms with E-state index in [1.165, 1.54) is 11.3 Å². The molecule has 1 unspecified atom stereocenters. The molecule has 1 saturated carbocycles. The molecule has 5 nitrogen and oxygen atoms in total. The molecular formula is C13H17NO4S. The van der Waals surface area contributed by atoms with Gasteiger partial charge in [-0.25, -0.2) is 4.79 Å². The molecule has 2 rings (SSSR count). The fraction of sp³-hybridized carbons (Fsp3) is 0.538. The van der Waals surface area contributed by atoms with Crippen LogP contribution in [0.3, 0.4) is 0 Å². The molecule has 1 fully saturated rings. The predicted molar refractivity (Wildman–Crippen MR) is 71.9 cm³/mol. The molecule has 0 aromatic carbocycles. The summed E-state index contributed by atoms with van der Waals surface area (Å²) >= 11 is 1.19. The quantitative estimate of drug-likeness (QED) is 0.838. The fourth-order valence-corrected chi connectivity index (χ4v) is 2.49. The van der Waals surface area contributed by atoms with Crippen molar-refractivity contribution >= 4 is 23.2 Å². The number of carbonyl (C=O) groups is 2. The summed E-state index contributed by atoms with van der Waals surface area (Å²) < 4.78 is 5.50. The number of ether oxygens (including phenoxy) is 1. The van der Waals surface area contributed by atoms with E-state index in [4.69, 9.17) is 9.84 Å². The van der Waals surface area contributed by atoms with E-state index in [1.54, 1.807) is 13.0 Å². The van der Waals surface area contributed by atoms with Gasteiger partial charge in [0.15, 0.2) is 11.0 Å². The predicted octanol–water partition coefficient (Wildman–Crippen LogP) is 2.05. The lowest BCUT2D eigenvalue weighted by Gasteiger charge is -2.13. The highest BCUT2D eigenvalue weighted by Gasteiger charge is 2.27. The zero-order valence-electron chi connectivity index (χ0n) is 10.9. The Morgan fingerprint density at radius 1 is 1.58 bits per heavy atom. The van der Waals surface area contributed by atoms with E-state index in [9.17, 15) is 9.59 Å². The average Bonchev–Trinajstić information content (AvgIpc) is 3.07. The molecule has 1 aliphatic carbocycles. The van der Waals surface area contributed by atoms with Gasteiger partial charge in [-0.3, -0.25) is 4.79 Å². The third-order valence-electron chi connectivity index (χ3n) is 2.89. The summed E-state index contributed by atoms with van der Waals surface area (Å²) in [5.74, 6) is -0.926. The SMILES string of the molecule is CCc1cc(OC(C)C(=O)NC2CC2)c(C(=O)O)s1. The smallest absolute Gasteiger partial charge is 0.349 e. The summed E-state index contributed by atoms with van der Waals surface area (Å²) in [5.41, 5.74) is 0. The minimum Gasteiger partial charge on any atom is -0.479 e. The van der Waals surface area contributed by atoms with Crippen LogP contribution in [0.15, 0.2) is 6.07 Å². The van der Waals surface area contributed by atoms with Gasteiger partial charge in [0.05, 0.1) is 0 Å². The Balaban J connectivity index is 2.05. The molecule has 19 heavy (non-hydrogen) atoms. The molecule has 1 aromatic heterocycles. The summed E-state index contributed by atoms with van der Waals surface area (Å²) in [6.07, 6.45) is 2.09. The van der Waals surface area contributed by atoms with Gasteiger partial charge in [-0.1, -0.05) is 6.92 Å². The van der Waals surface area contributed by atoms with Crippen molar-refractivity contribution < 1.29 is 19.4 Å². The van der Waals surface area contributed by atoms with Crippen LogP contribution in [0.25, 0.3) is 0 Å². The van der Waals surface area contributed by atoms with E-state index in [-0.39, 0.29) is 22.6 Å². The minimum atomic E-state index is -1.02. The van der Waals surface area contributed by atoms with E-state index in [2.05, 4.69) is 5.32 Å². The standard InChI is InChI=1S/C13H17NO4S/c1-3-9-6-10(11(19-9)13(16)17)18-7(2)12(15)14-8-4-5-8/h6-8H,3-5H2,1-2H3,(H,14,15)(H,16,17). The number of amides is 1. The van der Waals surface area contributed by atoms with Crippen molar-refractivity contribution in [3.8, 4) is 5.75 Å². The number of nitrogens with one attached hydrogen (secondary N) is 1. The maximum Gasteiger partial charge on any atom is 0.349 e. The van der Waals surface area contributed by atoms with Crippen molar-refractivity contribution in [1.29, 1.82) is 0 Å². The first kappa shape index (κ1) is 13.9. The molecule has 0 spiro atoms. The summed E-state index contributed by atoms with van der Waals surface area (Å²) in [4.78, 5) is 24.0. The van der Waals surface area contributed by atoms with Crippen LogP contribution in [0.4, 0.5) is 0 Å². The molecule has 1 heterocycles. The highest BCUT2D eigenvalue weighted by atomic mass is 32.1. The molecule has 1 atom stereocenters. The maximum absolute atomic E-state index is 11.8. The zero-order chi connectivity index (χ0) is 14.0. The van der Waals surface area contributed by atoms with E-state index in [0.29, 0.717) is 0 Å². The third kappa shape index (κ3) is 3.47. The number of thiophene rings is 1. The molecule has 2 N–H and O–H groups in total. The van der Waals surface area contributed by atoms with E-state index >= 15 is 0 Å². The molecule has 0 aliphatic heterocycles. The number of aromatic carboxylic acids is 1. The van der Waals surface area contributed by atoms with Crippen molar-refractivity contribution in [2.24, 2.45) is 0 Å². The Kier molecular flexibility index (Phi) is 4.09. The number of hydrogen-bond acceptors (Lipinski definition) is 4. The average molecular weight is 283 g/mol. The van der Waals surface area contributed by atoms with Gasteiger partial charge in [-0.15, -0.1) is 11.3 Å². The van der Waals surface area contributed by atoms with Crippen LogP contribution in [0.1, 0.15) is 41.2 Å². The molecule has 6 heteroatoms. The van der Waals surface area contributed by atoms with Gasteiger partial charge < -0.3 is 15.2 Å². The normalized spacial score (nSPS) is 15.9. The molecule has 0 bridgehead atoms. The Morgan fingerprint density at radius 3 is 2.79 bits per heavy atom. The van der Waals surface area contributed by atoms with Gasteiger partial charge in [-0.2, -0.15) is 0 Å².